The monoisotopic (exact) mass is 193 g/mol. The van der Waals surface area contributed by atoms with Crippen molar-refractivity contribution in [1.29, 1.82) is 0 Å². The van der Waals surface area contributed by atoms with Crippen LogP contribution in [0.1, 0.15) is 12.8 Å². The molecular formula is C8H16ClNS. The third-order valence-electron chi connectivity index (χ3n) is 1.96. The molecule has 1 N–H and O–H groups in total. The van der Waals surface area contributed by atoms with Crippen molar-refractivity contribution in [2.75, 3.05) is 25.1 Å². The summed E-state index contributed by atoms with van der Waals surface area (Å²) < 4.78 is 0. The van der Waals surface area contributed by atoms with Crippen molar-refractivity contribution < 1.29 is 0 Å². The van der Waals surface area contributed by atoms with Gasteiger partial charge in [-0.15, -0.1) is 11.6 Å². The van der Waals surface area contributed by atoms with Gasteiger partial charge < -0.3 is 5.32 Å². The van der Waals surface area contributed by atoms with Crippen molar-refractivity contribution in [3.8, 4) is 0 Å². The Hall–Kier alpha value is 0.600. The molecule has 0 aromatic heterocycles. The maximum absolute atomic E-state index is 6.09. The van der Waals surface area contributed by atoms with Crippen molar-refractivity contribution in [3.63, 3.8) is 0 Å². The van der Waals surface area contributed by atoms with E-state index in [0.717, 1.165) is 19.0 Å². The number of rotatable bonds is 6. The highest BCUT2D eigenvalue weighted by molar-refractivity contribution is 7.98. The van der Waals surface area contributed by atoms with Crippen LogP contribution in [0.2, 0.25) is 0 Å². The molecule has 1 aliphatic rings. The van der Waals surface area contributed by atoms with Crippen LogP contribution in [0.15, 0.2) is 0 Å². The minimum atomic E-state index is 0.386. The minimum absolute atomic E-state index is 0.386. The molecule has 1 saturated carbocycles. The average Bonchev–Trinajstić information content (AvgIpc) is 2.79. The van der Waals surface area contributed by atoms with E-state index in [4.69, 9.17) is 11.6 Å². The zero-order valence-corrected chi connectivity index (χ0v) is 8.55. The van der Waals surface area contributed by atoms with Gasteiger partial charge in [0.05, 0.1) is 0 Å². The molecule has 1 unspecified atom stereocenters. The SMILES string of the molecule is CSCCNCC(Cl)C1CC1. The van der Waals surface area contributed by atoms with Gasteiger partial charge in [-0.3, -0.25) is 0 Å². The van der Waals surface area contributed by atoms with Gasteiger partial charge in [0.25, 0.3) is 0 Å². The van der Waals surface area contributed by atoms with Gasteiger partial charge in [-0.2, -0.15) is 11.8 Å². The lowest BCUT2D eigenvalue weighted by Gasteiger charge is -2.08. The summed E-state index contributed by atoms with van der Waals surface area (Å²) in [6.07, 6.45) is 4.82. The standard InChI is InChI=1S/C8H16ClNS/c1-11-5-4-10-6-8(9)7-2-3-7/h7-8,10H,2-6H2,1H3. The van der Waals surface area contributed by atoms with Crippen LogP contribution in [0.5, 0.6) is 0 Å². The summed E-state index contributed by atoms with van der Waals surface area (Å²) in [5.41, 5.74) is 0. The molecule has 0 aromatic carbocycles. The smallest absolute Gasteiger partial charge is 0.0488 e. The molecular weight excluding hydrogens is 178 g/mol. The van der Waals surface area contributed by atoms with Gasteiger partial charge >= 0.3 is 0 Å². The molecule has 0 amide bonds. The fraction of sp³-hybridized carbons (Fsp3) is 1.00. The lowest BCUT2D eigenvalue weighted by atomic mass is 10.3. The molecule has 11 heavy (non-hydrogen) atoms. The first-order chi connectivity index (χ1) is 5.34. The van der Waals surface area contributed by atoms with E-state index in [-0.39, 0.29) is 0 Å². The Kier molecular flexibility index (Phi) is 4.65. The number of halogens is 1. The zero-order chi connectivity index (χ0) is 8.10. The molecule has 1 rings (SSSR count). The van der Waals surface area contributed by atoms with E-state index >= 15 is 0 Å². The van der Waals surface area contributed by atoms with Gasteiger partial charge in [0.15, 0.2) is 0 Å². The summed E-state index contributed by atoms with van der Waals surface area (Å²) in [7, 11) is 0. The van der Waals surface area contributed by atoms with Gasteiger partial charge in [-0.25, -0.2) is 0 Å². The summed E-state index contributed by atoms with van der Waals surface area (Å²) >= 11 is 7.96. The summed E-state index contributed by atoms with van der Waals surface area (Å²) in [6, 6.07) is 0. The Balaban J connectivity index is 1.85. The zero-order valence-electron chi connectivity index (χ0n) is 6.98. The van der Waals surface area contributed by atoms with Gasteiger partial charge in [-0.1, -0.05) is 0 Å². The number of hydrogen-bond donors (Lipinski definition) is 1. The Morgan fingerprint density at radius 3 is 2.91 bits per heavy atom. The number of alkyl halides is 1. The Labute approximate surface area is 78.3 Å². The predicted octanol–water partition coefficient (Wildman–Crippen LogP) is 1.96. The lowest BCUT2D eigenvalue weighted by Crippen LogP contribution is -2.26. The number of thioether (sulfide) groups is 1. The first-order valence-corrected chi connectivity index (χ1v) is 6.01. The lowest BCUT2D eigenvalue weighted by molar-refractivity contribution is 0.641. The molecule has 1 atom stereocenters. The normalized spacial score (nSPS) is 20.2. The first-order valence-electron chi connectivity index (χ1n) is 4.18. The quantitative estimate of drug-likeness (QED) is 0.512. The highest BCUT2D eigenvalue weighted by atomic mass is 35.5. The van der Waals surface area contributed by atoms with Crippen LogP contribution in [-0.4, -0.2) is 30.5 Å². The van der Waals surface area contributed by atoms with Crippen molar-refractivity contribution in [2.24, 2.45) is 5.92 Å². The fourth-order valence-electron chi connectivity index (χ4n) is 1.04. The third-order valence-corrected chi connectivity index (χ3v) is 3.08. The molecule has 1 aliphatic carbocycles. The topological polar surface area (TPSA) is 12.0 Å². The molecule has 0 aliphatic heterocycles. The van der Waals surface area contributed by atoms with Crippen LogP contribution in [-0.2, 0) is 0 Å². The van der Waals surface area contributed by atoms with E-state index in [1.165, 1.54) is 18.6 Å². The van der Waals surface area contributed by atoms with Crippen LogP contribution in [0.3, 0.4) is 0 Å². The Morgan fingerprint density at radius 2 is 2.36 bits per heavy atom. The van der Waals surface area contributed by atoms with E-state index in [2.05, 4.69) is 11.6 Å². The molecule has 1 nitrogen and oxygen atoms in total. The van der Waals surface area contributed by atoms with Gasteiger partial charge in [0.2, 0.25) is 0 Å². The summed E-state index contributed by atoms with van der Waals surface area (Å²) in [4.78, 5) is 0. The predicted molar refractivity (Wildman–Crippen MR) is 53.6 cm³/mol. The molecule has 0 heterocycles. The highest BCUT2D eigenvalue weighted by Gasteiger charge is 2.28. The van der Waals surface area contributed by atoms with E-state index < -0.39 is 0 Å². The van der Waals surface area contributed by atoms with Gasteiger partial charge in [0.1, 0.15) is 0 Å². The maximum atomic E-state index is 6.09. The number of hydrogen-bond acceptors (Lipinski definition) is 2. The molecule has 3 heteroatoms. The third kappa shape index (κ3) is 4.24. The van der Waals surface area contributed by atoms with Crippen molar-refractivity contribution >= 4 is 23.4 Å². The fourth-order valence-corrected chi connectivity index (χ4v) is 1.75. The molecule has 0 aromatic rings. The Bertz CT molecular complexity index is 106. The van der Waals surface area contributed by atoms with Crippen molar-refractivity contribution in [1.82, 2.24) is 5.32 Å². The van der Waals surface area contributed by atoms with Crippen LogP contribution in [0.25, 0.3) is 0 Å². The second kappa shape index (κ2) is 5.28. The largest absolute Gasteiger partial charge is 0.314 e. The van der Waals surface area contributed by atoms with E-state index in [1.54, 1.807) is 0 Å². The second-order valence-electron chi connectivity index (χ2n) is 3.05. The highest BCUT2D eigenvalue weighted by Crippen LogP contribution is 2.35. The van der Waals surface area contributed by atoms with Crippen LogP contribution in [0, 0.1) is 5.92 Å². The molecule has 1 fully saturated rings. The van der Waals surface area contributed by atoms with Crippen molar-refractivity contribution in [2.45, 2.75) is 18.2 Å². The van der Waals surface area contributed by atoms with E-state index in [0.29, 0.717) is 5.38 Å². The van der Waals surface area contributed by atoms with Gasteiger partial charge in [-0.05, 0) is 25.0 Å². The molecule has 0 bridgehead atoms. The van der Waals surface area contributed by atoms with Crippen molar-refractivity contribution in [3.05, 3.63) is 0 Å². The van der Waals surface area contributed by atoms with E-state index in [1.807, 2.05) is 11.8 Å². The molecule has 0 radical (unpaired) electrons. The van der Waals surface area contributed by atoms with Gasteiger partial charge in [0, 0.05) is 24.2 Å². The minimum Gasteiger partial charge on any atom is -0.314 e. The molecule has 0 saturated heterocycles. The number of nitrogens with one attached hydrogen (secondary N) is 1. The summed E-state index contributed by atoms with van der Waals surface area (Å²) in [6.45, 7) is 2.09. The van der Waals surface area contributed by atoms with Crippen LogP contribution < -0.4 is 5.32 Å². The summed E-state index contributed by atoms with van der Waals surface area (Å²) in [5, 5.41) is 3.74. The second-order valence-corrected chi connectivity index (χ2v) is 4.60. The van der Waals surface area contributed by atoms with Crippen LogP contribution in [0.4, 0.5) is 0 Å². The first kappa shape index (κ1) is 9.69. The molecule has 0 spiro atoms. The Morgan fingerprint density at radius 1 is 1.64 bits per heavy atom. The van der Waals surface area contributed by atoms with E-state index in [9.17, 15) is 0 Å². The maximum Gasteiger partial charge on any atom is 0.0488 e. The molecule has 66 valence electrons. The summed E-state index contributed by atoms with van der Waals surface area (Å²) in [5.74, 6) is 2.01. The van der Waals surface area contributed by atoms with Crippen LogP contribution >= 0.6 is 23.4 Å². The average molecular weight is 194 g/mol.